The van der Waals surface area contributed by atoms with Crippen molar-refractivity contribution in [2.45, 2.75) is 0 Å². The lowest BCUT2D eigenvalue weighted by molar-refractivity contribution is 0.0651. The second-order valence-corrected chi connectivity index (χ2v) is 3.36. The number of aromatic nitrogens is 1. The molecule has 1 heterocycles. The van der Waals surface area contributed by atoms with E-state index >= 15 is 0 Å². The summed E-state index contributed by atoms with van der Waals surface area (Å²) in [5, 5.41) is 8.87. The number of nitrogens with zero attached hydrogens (tertiary/aromatic N) is 1. The summed E-state index contributed by atoms with van der Waals surface area (Å²) >= 11 is 0. The van der Waals surface area contributed by atoms with Crippen molar-refractivity contribution in [1.82, 2.24) is 9.88 Å². The number of aliphatic hydroxyl groups excluding tert-OH is 1. The molecule has 1 rings (SSSR count). The zero-order valence-electron chi connectivity index (χ0n) is 9.27. The number of anilines is 1. The van der Waals surface area contributed by atoms with Gasteiger partial charge in [0.25, 0.3) is 5.91 Å². The van der Waals surface area contributed by atoms with E-state index in [1.807, 2.05) is 0 Å². The fourth-order valence-electron chi connectivity index (χ4n) is 1.34. The number of nitrogens with two attached hydrogens (primary N) is 1. The van der Waals surface area contributed by atoms with Gasteiger partial charge in [0.05, 0.1) is 13.2 Å². The van der Waals surface area contributed by atoms with Gasteiger partial charge >= 0.3 is 0 Å². The number of amides is 1. The molecule has 0 aliphatic heterocycles. The Kier molecular flexibility index (Phi) is 4.81. The molecule has 4 N–H and O–H groups in total. The van der Waals surface area contributed by atoms with Gasteiger partial charge in [-0.25, -0.2) is 0 Å². The van der Waals surface area contributed by atoms with E-state index in [1.54, 1.807) is 19.4 Å². The molecule has 1 aromatic heterocycles. The van der Waals surface area contributed by atoms with Crippen molar-refractivity contribution in [3.63, 3.8) is 0 Å². The average Bonchev–Trinajstić information content (AvgIpc) is 2.70. The topological polar surface area (TPSA) is 91.6 Å². The van der Waals surface area contributed by atoms with Crippen LogP contribution in [0.25, 0.3) is 0 Å². The first kappa shape index (κ1) is 12.5. The fraction of sp³-hybridized carbons (Fsp3) is 0.500. The first-order valence-electron chi connectivity index (χ1n) is 5.02. The molecule has 0 atom stereocenters. The summed E-state index contributed by atoms with van der Waals surface area (Å²) in [4.78, 5) is 16.2. The van der Waals surface area contributed by atoms with Gasteiger partial charge in [0.1, 0.15) is 5.69 Å². The summed E-state index contributed by atoms with van der Waals surface area (Å²) in [7, 11) is 1.56. The number of rotatable bonds is 6. The van der Waals surface area contributed by atoms with Crippen LogP contribution < -0.4 is 5.73 Å². The molecule has 16 heavy (non-hydrogen) atoms. The largest absolute Gasteiger partial charge is 0.397 e. The predicted molar refractivity (Wildman–Crippen MR) is 60.1 cm³/mol. The molecule has 0 aromatic carbocycles. The normalized spacial score (nSPS) is 10.4. The number of nitrogen functional groups attached to an aromatic ring is 1. The highest BCUT2D eigenvalue weighted by atomic mass is 16.5. The standard InChI is InChI=1S/C10H17N3O3/c1-16-5-3-13(2-4-14)10(15)9-6-8(11)7-12-9/h6-7,12,14H,2-5,11H2,1H3. The summed E-state index contributed by atoms with van der Waals surface area (Å²) < 4.78 is 4.90. The second-order valence-electron chi connectivity index (χ2n) is 3.36. The minimum atomic E-state index is -0.192. The van der Waals surface area contributed by atoms with Gasteiger partial charge in [-0.15, -0.1) is 0 Å². The van der Waals surface area contributed by atoms with Crippen LogP contribution in [0.5, 0.6) is 0 Å². The Hall–Kier alpha value is -1.53. The molecule has 0 aliphatic carbocycles. The van der Waals surface area contributed by atoms with Crippen molar-refractivity contribution in [2.75, 3.05) is 39.1 Å². The van der Waals surface area contributed by atoms with E-state index in [0.717, 1.165) is 0 Å². The van der Waals surface area contributed by atoms with Crippen LogP contribution in [0.3, 0.4) is 0 Å². The van der Waals surface area contributed by atoms with E-state index in [1.165, 1.54) is 4.90 Å². The summed E-state index contributed by atoms with van der Waals surface area (Å²) in [6.45, 7) is 1.07. The number of hydrogen-bond acceptors (Lipinski definition) is 4. The maximum Gasteiger partial charge on any atom is 0.270 e. The molecule has 0 unspecified atom stereocenters. The van der Waals surface area contributed by atoms with E-state index in [4.69, 9.17) is 15.6 Å². The van der Waals surface area contributed by atoms with E-state index < -0.39 is 0 Å². The third-order valence-electron chi connectivity index (χ3n) is 2.16. The van der Waals surface area contributed by atoms with E-state index in [-0.39, 0.29) is 19.1 Å². The maximum absolute atomic E-state index is 11.9. The number of nitrogens with one attached hydrogen (secondary N) is 1. The minimum absolute atomic E-state index is 0.0777. The zero-order chi connectivity index (χ0) is 12.0. The Morgan fingerprint density at radius 3 is 2.88 bits per heavy atom. The Morgan fingerprint density at radius 1 is 1.62 bits per heavy atom. The zero-order valence-corrected chi connectivity index (χ0v) is 9.27. The number of methoxy groups -OCH3 is 1. The van der Waals surface area contributed by atoms with Crippen molar-refractivity contribution >= 4 is 11.6 Å². The molecule has 0 spiro atoms. The van der Waals surface area contributed by atoms with Crippen LogP contribution in [0.2, 0.25) is 0 Å². The molecular weight excluding hydrogens is 210 g/mol. The van der Waals surface area contributed by atoms with Crippen molar-refractivity contribution in [3.8, 4) is 0 Å². The monoisotopic (exact) mass is 227 g/mol. The Balaban J connectivity index is 2.66. The predicted octanol–water partition coefficient (Wildman–Crippen LogP) is -0.322. The highest BCUT2D eigenvalue weighted by Gasteiger charge is 2.16. The molecule has 0 saturated heterocycles. The number of carbonyl (C=O) groups excluding carboxylic acids is 1. The quantitative estimate of drug-likeness (QED) is 0.621. The lowest BCUT2D eigenvalue weighted by Crippen LogP contribution is -2.36. The number of ether oxygens (including phenoxy) is 1. The average molecular weight is 227 g/mol. The van der Waals surface area contributed by atoms with Crippen molar-refractivity contribution in [1.29, 1.82) is 0 Å². The molecular formula is C10H17N3O3. The molecule has 6 nitrogen and oxygen atoms in total. The SMILES string of the molecule is COCCN(CCO)C(=O)c1cc(N)c[nH]1. The van der Waals surface area contributed by atoms with Crippen LogP contribution in [0.15, 0.2) is 12.3 Å². The smallest absolute Gasteiger partial charge is 0.270 e. The first-order valence-corrected chi connectivity index (χ1v) is 5.02. The number of aliphatic hydroxyl groups is 1. The lowest BCUT2D eigenvalue weighted by Gasteiger charge is -2.20. The van der Waals surface area contributed by atoms with Crippen molar-refractivity contribution in [2.24, 2.45) is 0 Å². The molecule has 0 saturated carbocycles. The van der Waals surface area contributed by atoms with Gasteiger partial charge in [-0.1, -0.05) is 0 Å². The lowest BCUT2D eigenvalue weighted by atomic mass is 10.3. The number of hydrogen-bond donors (Lipinski definition) is 3. The molecule has 1 aromatic rings. The van der Waals surface area contributed by atoms with Crippen LogP contribution in [0.1, 0.15) is 10.5 Å². The van der Waals surface area contributed by atoms with E-state index in [2.05, 4.69) is 4.98 Å². The van der Waals surface area contributed by atoms with Crippen LogP contribution in [-0.4, -0.2) is 54.3 Å². The van der Waals surface area contributed by atoms with Crippen LogP contribution in [-0.2, 0) is 4.74 Å². The highest BCUT2D eigenvalue weighted by molar-refractivity contribution is 5.93. The van der Waals surface area contributed by atoms with Crippen LogP contribution in [0, 0.1) is 0 Å². The second kappa shape index (κ2) is 6.14. The third-order valence-corrected chi connectivity index (χ3v) is 2.16. The molecule has 0 radical (unpaired) electrons. The molecule has 90 valence electrons. The Morgan fingerprint density at radius 2 is 2.38 bits per heavy atom. The summed E-state index contributed by atoms with van der Waals surface area (Å²) in [5.41, 5.74) is 6.45. The van der Waals surface area contributed by atoms with Gasteiger partial charge in [0.2, 0.25) is 0 Å². The maximum atomic E-state index is 11.9. The summed E-state index contributed by atoms with van der Waals surface area (Å²) in [6, 6.07) is 1.57. The summed E-state index contributed by atoms with van der Waals surface area (Å²) in [5.74, 6) is -0.192. The number of aromatic amines is 1. The Labute approximate surface area is 94.0 Å². The number of carbonyl (C=O) groups is 1. The molecule has 6 heteroatoms. The number of H-pyrrole nitrogens is 1. The van der Waals surface area contributed by atoms with Gasteiger partial charge < -0.3 is 25.5 Å². The van der Waals surface area contributed by atoms with Gasteiger partial charge in [-0.05, 0) is 6.07 Å². The first-order chi connectivity index (χ1) is 7.69. The van der Waals surface area contributed by atoms with Gasteiger partial charge in [0.15, 0.2) is 0 Å². The minimum Gasteiger partial charge on any atom is -0.397 e. The fourth-order valence-corrected chi connectivity index (χ4v) is 1.34. The molecule has 0 fully saturated rings. The van der Waals surface area contributed by atoms with Gasteiger partial charge in [-0.3, -0.25) is 4.79 Å². The highest BCUT2D eigenvalue weighted by Crippen LogP contribution is 2.07. The van der Waals surface area contributed by atoms with Crippen molar-refractivity contribution < 1.29 is 14.6 Å². The summed E-state index contributed by atoms with van der Waals surface area (Å²) in [6.07, 6.45) is 1.56. The third kappa shape index (κ3) is 3.25. The Bertz CT molecular complexity index is 338. The van der Waals surface area contributed by atoms with Crippen LogP contribution >= 0.6 is 0 Å². The molecule has 0 bridgehead atoms. The van der Waals surface area contributed by atoms with Gasteiger partial charge in [-0.2, -0.15) is 0 Å². The van der Waals surface area contributed by atoms with Crippen LogP contribution in [0.4, 0.5) is 5.69 Å². The van der Waals surface area contributed by atoms with E-state index in [0.29, 0.717) is 24.5 Å². The van der Waals surface area contributed by atoms with Crippen molar-refractivity contribution in [3.05, 3.63) is 18.0 Å². The van der Waals surface area contributed by atoms with Gasteiger partial charge in [0, 0.05) is 32.1 Å². The molecule has 0 aliphatic rings. The van der Waals surface area contributed by atoms with E-state index in [9.17, 15) is 4.79 Å². The molecule has 1 amide bonds.